The normalized spacial score (nSPS) is 10.6. The van der Waals surface area contributed by atoms with Crippen LogP contribution >= 0.6 is 0 Å². The van der Waals surface area contributed by atoms with E-state index < -0.39 is 17.6 Å². The molecular weight excluding hydrogens is 258 g/mol. The van der Waals surface area contributed by atoms with Crippen LogP contribution in [0.15, 0.2) is 22.6 Å². The fourth-order valence-corrected chi connectivity index (χ4v) is 1.49. The van der Waals surface area contributed by atoms with Gasteiger partial charge in [-0.05, 0) is 24.6 Å². The zero-order valence-electron chi connectivity index (χ0n) is 9.77. The smallest absolute Gasteiger partial charge is 0.303 e. The highest BCUT2D eigenvalue weighted by molar-refractivity contribution is 5.66. The zero-order chi connectivity index (χ0) is 13.8. The molecule has 0 aliphatic carbocycles. The number of aromatic nitrogens is 2. The lowest BCUT2D eigenvalue weighted by Crippen LogP contribution is -1.95. The minimum atomic E-state index is -0.997. The van der Waals surface area contributed by atoms with Crippen molar-refractivity contribution in [2.24, 2.45) is 0 Å². The molecule has 0 amide bonds. The molecule has 0 bridgehead atoms. The molecule has 0 saturated heterocycles. The van der Waals surface area contributed by atoms with Gasteiger partial charge in [-0.3, -0.25) is 4.79 Å². The van der Waals surface area contributed by atoms with E-state index in [0.29, 0.717) is 12.8 Å². The summed E-state index contributed by atoms with van der Waals surface area (Å²) in [5.74, 6) is -2.52. The topological polar surface area (TPSA) is 76.2 Å². The molecule has 19 heavy (non-hydrogen) atoms. The molecule has 7 heteroatoms. The van der Waals surface area contributed by atoms with E-state index in [4.69, 9.17) is 9.52 Å². The molecule has 0 saturated carbocycles. The van der Waals surface area contributed by atoms with E-state index in [0.717, 1.165) is 12.1 Å². The van der Waals surface area contributed by atoms with Gasteiger partial charge in [0.2, 0.25) is 11.8 Å². The number of hydrogen-bond donors (Lipinski definition) is 1. The van der Waals surface area contributed by atoms with Gasteiger partial charge in [0.15, 0.2) is 11.6 Å². The van der Waals surface area contributed by atoms with E-state index >= 15 is 0 Å². The van der Waals surface area contributed by atoms with Crippen LogP contribution in [0.2, 0.25) is 0 Å². The Labute approximate surface area is 106 Å². The third-order valence-corrected chi connectivity index (χ3v) is 2.41. The maximum absolute atomic E-state index is 13.0. The second-order valence-electron chi connectivity index (χ2n) is 3.88. The maximum Gasteiger partial charge on any atom is 0.303 e. The number of carboxylic acids is 1. The van der Waals surface area contributed by atoms with E-state index in [1.54, 1.807) is 0 Å². The Bertz CT molecular complexity index is 598. The molecule has 0 unspecified atom stereocenters. The van der Waals surface area contributed by atoms with Crippen LogP contribution in [0, 0.1) is 11.6 Å². The lowest BCUT2D eigenvalue weighted by Gasteiger charge is -1.96. The highest BCUT2D eigenvalue weighted by atomic mass is 19.2. The monoisotopic (exact) mass is 268 g/mol. The lowest BCUT2D eigenvalue weighted by molar-refractivity contribution is -0.137. The summed E-state index contributed by atoms with van der Waals surface area (Å²) in [5, 5.41) is 15.9. The summed E-state index contributed by atoms with van der Waals surface area (Å²) < 4.78 is 31.0. The van der Waals surface area contributed by atoms with Gasteiger partial charge in [-0.2, -0.15) is 0 Å². The summed E-state index contributed by atoms with van der Waals surface area (Å²) in [6, 6.07) is 3.26. The number of aliphatic carboxylic acids is 1. The summed E-state index contributed by atoms with van der Waals surface area (Å²) >= 11 is 0. The Kier molecular flexibility index (Phi) is 3.84. The van der Waals surface area contributed by atoms with Crippen LogP contribution in [0.25, 0.3) is 11.5 Å². The van der Waals surface area contributed by atoms with Gasteiger partial charge in [0, 0.05) is 18.4 Å². The van der Waals surface area contributed by atoms with Crippen molar-refractivity contribution >= 4 is 5.97 Å². The van der Waals surface area contributed by atoms with Gasteiger partial charge >= 0.3 is 5.97 Å². The highest BCUT2D eigenvalue weighted by Gasteiger charge is 2.11. The largest absolute Gasteiger partial charge is 0.481 e. The quantitative estimate of drug-likeness (QED) is 0.901. The molecule has 0 aliphatic rings. The Morgan fingerprint density at radius 1 is 1.26 bits per heavy atom. The van der Waals surface area contributed by atoms with Crippen LogP contribution in [0.1, 0.15) is 18.7 Å². The number of halogens is 2. The Morgan fingerprint density at radius 3 is 2.74 bits per heavy atom. The zero-order valence-corrected chi connectivity index (χ0v) is 9.77. The predicted octanol–water partition coefficient (Wildman–Crippen LogP) is 2.42. The van der Waals surface area contributed by atoms with Crippen molar-refractivity contribution in [1.29, 1.82) is 0 Å². The average Bonchev–Trinajstić information content (AvgIpc) is 2.81. The molecule has 0 radical (unpaired) electrons. The SMILES string of the molecule is O=C(O)CCCc1nnc(-c2ccc(F)c(F)c2)o1. The maximum atomic E-state index is 13.0. The molecule has 2 rings (SSSR count). The predicted molar refractivity (Wildman–Crippen MR) is 60.2 cm³/mol. The first-order valence-corrected chi connectivity index (χ1v) is 5.56. The number of carboxylic acid groups (broad SMARTS) is 1. The van der Waals surface area contributed by atoms with Gasteiger partial charge in [0.05, 0.1) is 0 Å². The molecule has 1 aromatic heterocycles. The van der Waals surface area contributed by atoms with Gasteiger partial charge in [-0.25, -0.2) is 8.78 Å². The molecule has 0 fully saturated rings. The van der Waals surface area contributed by atoms with Gasteiger partial charge in [-0.1, -0.05) is 0 Å². The Morgan fingerprint density at radius 2 is 2.05 bits per heavy atom. The first kappa shape index (κ1) is 13.1. The van der Waals surface area contributed by atoms with Crippen molar-refractivity contribution in [2.75, 3.05) is 0 Å². The third-order valence-electron chi connectivity index (χ3n) is 2.41. The van der Waals surface area contributed by atoms with Crippen LogP contribution in [0.5, 0.6) is 0 Å². The van der Waals surface area contributed by atoms with Crippen molar-refractivity contribution in [3.63, 3.8) is 0 Å². The first-order valence-electron chi connectivity index (χ1n) is 5.56. The summed E-state index contributed by atoms with van der Waals surface area (Å²) in [7, 11) is 0. The minimum absolute atomic E-state index is 0.00287. The fourth-order valence-electron chi connectivity index (χ4n) is 1.49. The molecule has 100 valence electrons. The minimum Gasteiger partial charge on any atom is -0.481 e. The summed E-state index contributed by atoms with van der Waals surface area (Å²) in [4.78, 5) is 10.3. The molecule has 1 aromatic carbocycles. The van der Waals surface area contributed by atoms with E-state index in [1.807, 2.05) is 0 Å². The number of nitrogens with zero attached hydrogens (tertiary/aromatic N) is 2. The second kappa shape index (κ2) is 5.55. The second-order valence-corrected chi connectivity index (χ2v) is 3.88. The first-order chi connectivity index (χ1) is 9.06. The number of rotatable bonds is 5. The number of carbonyl (C=O) groups is 1. The molecule has 1 N–H and O–H groups in total. The van der Waals surface area contributed by atoms with Gasteiger partial charge in [0.25, 0.3) is 0 Å². The molecule has 0 aliphatic heterocycles. The fraction of sp³-hybridized carbons (Fsp3) is 0.250. The van der Waals surface area contributed by atoms with Crippen molar-refractivity contribution in [3.8, 4) is 11.5 Å². The average molecular weight is 268 g/mol. The van der Waals surface area contributed by atoms with Gasteiger partial charge in [-0.15, -0.1) is 10.2 Å². The van der Waals surface area contributed by atoms with Gasteiger partial charge in [0.1, 0.15) is 0 Å². The summed E-state index contributed by atoms with van der Waals surface area (Å²) in [5.41, 5.74) is 0.274. The lowest BCUT2D eigenvalue weighted by atomic mass is 10.2. The molecule has 1 heterocycles. The summed E-state index contributed by atoms with van der Waals surface area (Å²) in [6.07, 6.45) is 0.695. The Hall–Kier alpha value is -2.31. The van der Waals surface area contributed by atoms with E-state index in [-0.39, 0.29) is 23.8 Å². The summed E-state index contributed by atoms with van der Waals surface area (Å²) in [6.45, 7) is 0. The van der Waals surface area contributed by atoms with E-state index in [2.05, 4.69) is 10.2 Å². The molecule has 5 nitrogen and oxygen atoms in total. The van der Waals surface area contributed by atoms with Crippen molar-refractivity contribution in [1.82, 2.24) is 10.2 Å². The molecule has 2 aromatic rings. The third kappa shape index (κ3) is 3.34. The van der Waals surface area contributed by atoms with Crippen LogP contribution < -0.4 is 0 Å². The van der Waals surface area contributed by atoms with Gasteiger partial charge < -0.3 is 9.52 Å². The number of aryl methyl sites for hydroxylation is 1. The molecule has 0 spiro atoms. The van der Waals surface area contributed by atoms with Crippen LogP contribution in [-0.2, 0) is 11.2 Å². The van der Waals surface area contributed by atoms with Crippen molar-refractivity contribution in [2.45, 2.75) is 19.3 Å². The molecule has 0 atom stereocenters. The van der Waals surface area contributed by atoms with E-state index in [1.165, 1.54) is 6.07 Å². The highest BCUT2D eigenvalue weighted by Crippen LogP contribution is 2.20. The molecular formula is C12H10F2N2O3. The number of hydrogen-bond acceptors (Lipinski definition) is 4. The standard InChI is InChI=1S/C12H10F2N2O3/c13-8-5-4-7(6-9(8)14)12-16-15-10(19-12)2-1-3-11(17)18/h4-6H,1-3H2,(H,17,18). The van der Waals surface area contributed by atoms with E-state index in [9.17, 15) is 13.6 Å². The van der Waals surface area contributed by atoms with Crippen LogP contribution in [0.4, 0.5) is 8.78 Å². The van der Waals surface area contributed by atoms with Crippen molar-refractivity contribution in [3.05, 3.63) is 35.7 Å². The Balaban J connectivity index is 2.07. The number of benzene rings is 1. The van der Waals surface area contributed by atoms with Crippen LogP contribution in [-0.4, -0.2) is 21.3 Å². The van der Waals surface area contributed by atoms with Crippen molar-refractivity contribution < 1.29 is 23.1 Å². The van der Waals surface area contributed by atoms with Crippen LogP contribution in [0.3, 0.4) is 0 Å².